The number of benzene rings is 2. The fraction of sp³-hybridized carbons (Fsp3) is 0.273. The molecule has 0 saturated carbocycles. The summed E-state index contributed by atoms with van der Waals surface area (Å²) < 4.78 is 32.6. The fourth-order valence-electron chi connectivity index (χ4n) is 3.60. The monoisotopic (exact) mass is 525 g/mol. The first-order valence-electron chi connectivity index (χ1n) is 10.1. The molecule has 4 rings (SSSR count). The summed E-state index contributed by atoms with van der Waals surface area (Å²) in [6.45, 7) is 0.488. The molecule has 1 unspecified atom stereocenters. The van der Waals surface area contributed by atoms with Gasteiger partial charge in [0.2, 0.25) is 15.9 Å². The number of aromatic nitrogens is 1. The largest absolute Gasteiger partial charge is 0.497 e. The summed E-state index contributed by atoms with van der Waals surface area (Å²) in [7, 11) is -2.18. The molecule has 1 amide bonds. The maximum atomic E-state index is 13.0. The van der Waals surface area contributed by atoms with Crippen molar-refractivity contribution in [2.75, 3.05) is 25.5 Å². The Bertz CT molecular complexity index is 1260. The number of rotatable bonds is 6. The van der Waals surface area contributed by atoms with Gasteiger partial charge in [-0.2, -0.15) is 4.31 Å². The summed E-state index contributed by atoms with van der Waals surface area (Å²) in [5.74, 6) is -0.141. The smallest absolute Gasteiger partial charge is 0.243 e. The number of thiazole rings is 1. The first-order chi connectivity index (χ1) is 15.8. The highest BCUT2D eigenvalue weighted by Crippen LogP contribution is 2.31. The van der Waals surface area contributed by atoms with Crippen LogP contribution in [0.1, 0.15) is 12.8 Å². The highest BCUT2D eigenvalue weighted by Gasteiger charge is 2.33. The van der Waals surface area contributed by atoms with E-state index in [4.69, 9.17) is 27.9 Å². The van der Waals surface area contributed by atoms with E-state index in [2.05, 4.69) is 10.3 Å². The summed E-state index contributed by atoms with van der Waals surface area (Å²) >= 11 is 13.3. The predicted molar refractivity (Wildman–Crippen MR) is 131 cm³/mol. The van der Waals surface area contributed by atoms with E-state index in [1.54, 1.807) is 30.3 Å². The first kappa shape index (κ1) is 24.0. The molecule has 33 heavy (non-hydrogen) atoms. The molecule has 0 radical (unpaired) electrons. The van der Waals surface area contributed by atoms with E-state index < -0.39 is 15.9 Å². The number of piperidine rings is 1. The topological polar surface area (TPSA) is 88.6 Å². The average molecular weight is 526 g/mol. The van der Waals surface area contributed by atoms with Crippen LogP contribution in [0.5, 0.6) is 5.75 Å². The van der Waals surface area contributed by atoms with Crippen molar-refractivity contribution in [1.29, 1.82) is 0 Å². The van der Waals surface area contributed by atoms with Gasteiger partial charge in [-0.25, -0.2) is 13.4 Å². The molecule has 174 valence electrons. The van der Waals surface area contributed by atoms with Gasteiger partial charge in [0.25, 0.3) is 0 Å². The lowest BCUT2D eigenvalue weighted by molar-refractivity contribution is -0.120. The standard InChI is InChI=1S/C22H21Cl2N3O4S2/c1-31-16-5-7-17(8-6-16)33(29,30)27-10-2-3-15(12-27)21(28)26-22-25-20(13-32-22)14-4-9-18(23)19(24)11-14/h4-9,11,13,15H,2-3,10,12H2,1H3,(H,25,26,28). The highest BCUT2D eigenvalue weighted by atomic mass is 35.5. The molecule has 1 N–H and O–H groups in total. The number of ether oxygens (including phenoxy) is 1. The quantitative estimate of drug-likeness (QED) is 0.479. The van der Waals surface area contributed by atoms with Crippen LogP contribution in [0.4, 0.5) is 5.13 Å². The van der Waals surface area contributed by atoms with Crippen LogP contribution in [0, 0.1) is 5.92 Å². The van der Waals surface area contributed by atoms with E-state index in [0.717, 1.165) is 5.56 Å². The Kier molecular flexibility index (Phi) is 7.25. The Labute approximate surface area is 206 Å². The van der Waals surface area contributed by atoms with Gasteiger partial charge in [0.1, 0.15) is 5.75 Å². The number of halogens is 2. The lowest BCUT2D eigenvalue weighted by Gasteiger charge is -2.31. The number of sulfonamides is 1. The fourth-order valence-corrected chi connectivity index (χ4v) is 6.14. The Hall–Kier alpha value is -2.17. The van der Waals surface area contributed by atoms with E-state index in [0.29, 0.717) is 46.0 Å². The van der Waals surface area contributed by atoms with E-state index in [9.17, 15) is 13.2 Å². The normalized spacial score (nSPS) is 17.0. The average Bonchev–Trinajstić information content (AvgIpc) is 3.29. The molecule has 0 spiro atoms. The third-order valence-electron chi connectivity index (χ3n) is 5.40. The molecule has 11 heteroatoms. The van der Waals surface area contributed by atoms with Crippen LogP contribution in [0.25, 0.3) is 11.3 Å². The number of methoxy groups -OCH3 is 1. The lowest BCUT2D eigenvalue weighted by Crippen LogP contribution is -2.43. The molecule has 1 atom stereocenters. The molecule has 0 aliphatic carbocycles. The molecule has 0 bridgehead atoms. The molecule has 7 nitrogen and oxygen atoms in total. The number of amides is 1. The van der Waals surface area contributed by atoms with E-state index in [-0.39, 0.29) is 17.3 Å². The summed E-state index contributed by atoms with van der Waals surface area (Å²) in [5, 5.41) is 5.96. The molecule has 1 aliphatic rings. The van der Waals surface area contributed by atoms with E-state index >= 15 is 0 Å². The van der Waals surface area contributed by atoms with Gasteiger partial charge in [-0.15, -0.1) is 11.3 Å². The lowest BCUT2D eigenvalue weighted by atomic mass is 9.99. The van der Waals surface area contributed by atoms with E-state index in [1.807, 2.05) is 5.38 Å². The summed E-state index contributed by atoms with van der Waals surface area (Å²) in [5.41, 5.74) is 1.46. The molecule has 1 aromatic heterocycles. The highest BCUT2D eigenvalue weighted by molar-refractivity contribution is 7.89. The molecule has 3 aromatic rings. The van der Waals surface area contributed by atoms with Crippen LogP contribution in [-0.2, 0) is 14.8 Å². The zero-order valence-electron chi connectivity index (χ0n) is 17.6. The van der Waals surface area contributed by atoms with Crippen LogP contribution in [0.2, 0.25) is 10.0 Å². The van der Waals surface area contributed by atoms with Gasteiger partial charge >= 0.3 is 0 Å². The molecular weight excluding hydrogens is 505 g/mol. The van der Waals surface area contributed by atoms with Crippen molar-refractivity contribution >= 4 is 55.6 Å². The van der Waals surface area contributed by atoms with Crippen molar-refractivity contribution in [3.63, 3.8) is 0 Å². The second-order valence-electron chi connectivity index (χ2n) is 7.53. The molecule has 2 heterocycles. The van der Waals surface area contributed by atoms with Gasteiger partial charge in [0.05, 0.1) is 33.7 Å². The predicted octanol–water partition coefficient (Wildman–Crippen LogP) is 5.16. The third kappa shape index (κ3) is 5.33. The number of anilines is 1. The molecule has 1 saturated heterocycles. The first-order valence-corrected chi connectivity index (χ1v) is 13.2. The Morgan fingerprint density at radius 1 is 1.18 bits per heavy atom. The Morgan fingerprint density at radius 3 is 2.64 bits per heavy atom. The van der Waals surface area contributed by atoms with Crippen molar-refractivity contribution in [3.8, 4) is 17.0 Å². The molecule has 2 aromatic carbocycles. The summed E-state index contributed by atoms with van der Waals surface area (Å²) in [6.07, 6.45) is 1.20. The number of carbonyl (C=O) groups excluding carboxylic acids is 1. The van der Waals surface area contributed by atoms with Gasteiger partial charge in [0.15, 0.2) is 5.13 Å². The molecular formula is C22H21Cl2N3O4S2. The third-order valence-corrected chi connectivity index (χ3v) is 8.78. The number of nitrogens with zero attached hydrogens (tertiary/aromatic N) is 2. The van der Waals surface area contributed by atoms with E-state index in [1.165, 1.54) is 34.9 Å². The van der Waals surface area contributed by atoms with Gasteiger partial charge in [-0.1, -0.05) is 29.3 Å². The van der Waals surface area contributed by atoms with Crippen LogP contribution in [0.15, 0.2) is 52.7 Å². The Balaban J connectivity index is 1.43. The maximum Gasteiger partial charge on any atom is 0.243 e. The number of nitrogens with one attached hydrogen (secondary N) is 1. The number of carbonyl (C=O) groups is 1. The van der Waals surface area contributed by atoms with Crippen molar-refractivity contribution in [2.24, 2.45) is 5.92 Å². The van der Waals surface area contributed by atoms with Gasteiger partial charge in [0, 0.05) is 24.0 Å². The van der Waals surface area contributed by atoms with Crippen LogP contribution in [-0.4, -0.2) is 43.8 Å². The zero-order valence-corrected chi connectivity index (χ0v) is 20.8. The minimum atomic E-state index is -3.70. The van der Waals surface area contributed by atoms with Crippen molar-refractivity contribution in [2.45, 2.75) is 17.7 Å². The van der Waals surface area contributed by atoms with Crippen molar-refractivity contribution < 1.29 is 17.9 Å². The van der Waals surface area contributed by atoms with Gasteiger partial charge < -0.3 is 10.1 Å². The molecule has 1 aliphatic heterocycles. The Morgan fingerprint density at radius 2 is 1.94 bits per heavy atom. The second-order valence-corrected chi connectivity index (χ2v) is 11.1. The van der Waals surface area contributed by atoms with Crippen LogP contribution in [0.3, 0.4) is 0 Å². The van der Waals surface area contributed by atoms with Crippen molar-refractivity contribution in [1.82, 2.24) is 9.29 Å². The van der Waals surface area contributed by atoms with Crippen molar-refractivity contribution in [3.05, 3.63) is 57.9 Å². The molecule has 1 fully saturated rings. The van der Waals surface area contributed by atoms with Crippen LogP contribution < -0.4 is 10.1 Å². The minimum Gasteiger partial charge on any atom is -0.497 e. The van der Waals surface area contributed by atoms with Gasteiger partial charge in [-0.05, 0) is 49.2 Å². The SMILES string of the molecule is COc1ccc(S(=O)(=O)N2CCCC(C(=O)Nc3nc(-c4ccc(Cl)c(Cl)c4)cs3)C2)cc1. The summed E-state index contributed by atoms with van der Waals surface area (Å²) in [6, 6.07) is 11.4. The zero-order chi connectivity index (χ0) is 23.6. The second kappa shape index (κ2) is 9.99. The number of hydrogen-bond acceptors (Lipinski definition) is 6. The summed E-state index contributed by atoms with van der Waals surface area (Å²) in [4.78, 5) is 17.5. The minimum absolute atomic E-state index is 0.116. The van der Waals surface area contributed by atoms with Gasteiger partial charge in [-0.3, -0.25) is 4.79 Å². The number of hydrogen-bond donors (Lipinski definition) is 1. The van der Waals surface area contributed by atoms with Crippen LogP contribution >= 0.6 is 34.5 Å². The maximum absolute atomic E-state index is 13.0.